The number of carbonyl (C=O) groups is 2. The van der Waals surface area contributed by atoms with Gasteiger partial charge in [-0.25, -0.2) is 0 Å². The molecular weight excluding hydrogens is 787 g/mol. The van der Waals surface area contributed by atoms with Gasteiger partial charge in [0.25, 0.3) is 0 Å². The molecule has 0 saturated carbocycles. The number of para-hydroxylation sites is 2. The van der Waals surface area contributed by atoms with Crippen molar-refractivity contribution in [1.29, 1.82) is 0 Å². The van der Waals surface area contributed by atoms with Crippen LogP contribution >= 0.6 is 0 Å². The molecule has 338 valence electrons. The maximum absolute atomic E-state index is 13.2. The summed E-state index contributed by atoms with van der Waals surface area (Å²) in [5, 5.41) is 21.1. The van der Waals surface area contributed by atoms with Gasteiger partial charge in [0.1, 0.15) is 0 Å². The number of hydrogen-bond acceptors (Lipinski definition) is 9. The first-order chi connectivity index (χ1) is 30.4. The normalized spacial score (nSPS) is 19.4. The number of unbranched alkanes of at least 4 members (excludes halogenated alkanes) is 1. The second-order valence-electron chi connectivity index (χ2n) is 18.5. The highest BCUT2D eigenvalue weighted by Gasteiger charge is 2.34. The van der Waals surface area contributed by atoms with Crippen molar-refractivity contribution >= 4 is 34.6 Å². The molecule has 2 N–H and O–H groups in total. The third-order valence-corrected chi connectivity index (χ3v) is 13.5. The number of rotatable bonds is 14. The van der Waals surface area contributed by atoms with E-state index >= 15 is 0 Å². The lowest BCUT2D eigenvalue weighted by atomic mass is 9.89. The molecule has 2 amide bonds. The van der Waals surface area contributed by atoms with Gasteiger partial charge in [-0.05, 0) is 118 Å². The minimum Gasteiger partial charge on any atom is -0.387 e. The number of benzene rings is 3. The summed E-state index contributed by atoms with van der Waals surface area (Å²) < 4.78 is 0. The number of aromatic nitrogens is 1. The predicted octanol–water partition coefficient (Wildman–Crippen LogP) is 7.43. The average molecular weight is 858 g/mol. The zero-order valence-corrected chi connectivity index (χ0v) is 38.5. The maximum Gasteiger partial charge on any atom is 0.230 e. The van der Waals surface area contributed by atoms with Gasteiger partial charge in [0.15, 0.2) is 0 Å². The molecule has 0 spiro atoms. The number of hydrogen-bond donors (Lipinski definition) is 2. The molecule has 0 aliphatic carbocycles. The lowest BCUT2D eigenvalue weighted by Gasteiger charge is -2.36. The standard InChI is InChI=1S/C26H36N4O2.C26H35N3O2/c1-3-4-9-25(31)23-11-10-22(19-27-23)30-13-12-21(26(30)32)18-20-7-5-6-8-24(20)29-16-14-28(2)15-17-29;1-4-27-14-16-28(17-15-27)24-9-6-5-8-20(24)18-21-19-22(29-13-7-10-25(29)30)11-12-23(21)26(2,3)31/h5-8,10-11,19,21,25,31H,3-4,9,12-18H2,1-2H3;5-6,8-9,11-12,19,31H,4,7,10,13-18H2,1-3H3/t21-,25?;/m1./s1. The van der Waals surface area contributed by atoms with Gasteiger partial charge in [0.2, 0.25) is 11.8 Å². The number of piperazine rings is 2. The van der Waals surface area contributed by atoms with Gasteiger partial charge in [-0.2, -0.15) is 0 Å². The minimum atomic E-state index is -0.940. The molecule has 0 bridgehead atoms. The molecule has 4 aromatic rings. The zero-order valence-electron chi connectivity index (χ0n) is 38.5. The number of likely N-dealkylation sites (N-methyl/N-ethyl adjacent to an activating group) is 2. The zero-order chi connectivity index (χ0) is 44.5. The highest BCUT2D eigenvalue weighted by atomic mass is 16.3. The second-order valence-corrected chi connectivity index (χ2v) is 18.5. The fourth-order valence-electron chi connectivity index (χ4n) is 9.68. The number of anilines is 4. The molecular formula is C52H71N7O4. The van der Waals surface area contributed by atoms with Crippen LogP contribution in [0.15, 0.2) is 85.1 Å². The van der Waals surface area contributed by atoms with Crippen LogP contribution in [0.25, 0.3) is 0 Å². The van der Waals surface area contributed by atoms with Gasteiger partial charge >= 0.3 is 0 Å². The number of amides is 2. The van der Waals surface area contributed by atoms with Crippen molar-refractivity contribution in [2.75, 3.05) is 98.6 Å². The molecule has 4 saturated heterocycles. The van der Waals surface area contributed by atoms with Crippen molar-refractivity contribution in [3.05, 3.63) is 113 Å². The second kappa shape index (κ2) is 21.2. The van der Waals surface area contributed by atoms with Crippen LogP contribution in [0.3, 0.4) is 0 Å². The number of carbonyl (C=O) groups excluding carboxylic acids is 2. The van der Waals surface area contributed by atoms with Crippen LogP contribution in [0.1, 0.15) is 100 Å². The Morgan fingerprint density at radius 1 is 0.746 bits per heavy atom. The first-order valence-corrected chi connectivity index (χ1v) is 23.6. The van der Waals surface area contributed by atoms with Crippen molar-refractivity contribution < 1.29 is 19.8 Å². The van der Waals surface area contributed by atoms with Crippen molar-refractivity contribution in [3.63, 3.8) is 0 Å². The fourth-order valence-corrected chi connectivity index (χ4v) is 9.68. The molecule has 4 fully saturated rings. The SMILES string of the molecule is CCCCC(O)c1ccc(N2CC[C@H](Cc3ccccc3N3CCN(C)CC3)C2=O)cn1.CCN1CCN(c2ccccc2Cc2cc(N3CCCC3=O)ccc2C(C)(C)O)CC1. The Morgan fingerprint density at radius 2 is 1.40 bits per heavy atom. The van der Waals surface area contributed by atoms with Crippen molar-refractivity contribution in [1.82, 2.24) is 14.8 Å². The van der Waals surface area contributed by atoms with E-state index in [2.05, 4.69) is 100 Å². The van der Waals surface area contributed by atoms with Crippen LogP contribution in [0.2, 0.25) is 0 Å². The van der Waals surface area contributed by atoms with E-state index in [0.717, 1.165) is 139 Å². The quantitative estimate of drug-likeness (QED) is 0.134. The molecule has 0 radical (unpaired) electrons. The largest absolute Gasteiger partial charge is 0.387 e. The summed E-state index contributed by atoms with van der Waals surface area (Å²) in [6.45, 7) is 19.1. The summed E-state index contributed by atoms with van der Waals surface area (Å²) in [5.74, 6) is 0.369. The van der Waals surface area contributed by atoms with E-state index < -0.39 is 11.7 Å². The molecule has 5 heterocycles. The Balaban J connectivity index is 0.000000189. The van der Waals surface area contributed by atoms with Gasteiger partial charge in [0.05, 0.1) is 29.3 Å². The third kappa shape index (κ3) is 11.5. The molecule has 4 aliphatic rings. The number of aliphatic hydroxyl groups excluding tert-OH is 1. The highest BCUT2D eigenvalue weighted by molar-refractivity contribution is 5.97. The van der Waals surface area contributed by atoms with Crippen molar-refractivity contribution in [3.8, 4) is 0 Å². The molecule has 11 nitrogen and oxygen atoms in total. The summed E-state index contributed by atoms with van der Waals surface area (Å²) in [6, 6.07) is 27.1. The Labute approximate surface area is 376 Å². The monoisotopic (exact) mass is 858 g/mol. The predicted molar refractivity (Wildman–Crippen MR) is 256 cm³/mol. The smallest absolute Gasteiger partial charge is 0.230 e. The Kier molecular flexibility index (Phi) is 15.6. The first kappa shape index (κ1) is 46.2. The summed E-state index contributed by atoms with van der Waals surface area (Å²) >= 11 is 0. The molecule has 4 aliphatic heterocycles. The van der Waals surface area contributed by atoms with Gasteiger partial charge in [-0.3, -0.25) is 14.6 Å². The average Bonchev–Trinajstić information content (AvgIpc) is 3.90. The Bertz CT molecular complexity index is 2120. The van der Waals surface area contributed by atoms with Crippen LogP contribution in [0.5, 0.6) is 0 Å². The fraction of sp³-hybridized carbons (Fsp3) is 0.519. The maximum atomic E-state index is 13.2. The van der Waals surface area contributed by atoms with E-state index in [1.807, 2.05) is 47.9 Å². The van der Waals surface area contributed by atoms with Gasteiger partial charge in [-0.1, -0.05) is 69.2 Å². The van der Waals surface area contributed by atoms with E-state index in [0.29, 0.717) is 12.1 Å². The van der Waals surface area contributed by atoms with Crippen molar-refractivity contribution in [2.45, 2.75) is 90.8 Å². The molecule has 8 rings (SSSR count). The first-order valence-electron chi connectivity index (χ1n) is 23.6. The van der Waals surface area contributed by atoms with Crippen molar-refractivity contribution in [2.24, 2.45) is 5.92 Å². The minimum absolute atomic E-state index is 0.00145. The third-order valence-electron chi connectivity index (χ3n) is 13.5. The van der Waals surface area contributed by atoms with E-state index in [1.165, 1.54) is 22.5 Å². The van der Waals surface area contributed by atoms with E-state index in [-0.39, 0.29) is 17.7 Å². The summed E-state index contributed by atoms with van der Waals surface area (Å²) in [6.07, 6.45) is 7.86. The topological polar surface area (TPSA) is 107 Å². The number of aliphatic hydroxyl groups is 2. The van der Waals surface area contributed by atoms with E-state index in [4.69, 9.17) is 0 Å². The lowest BCUT2D eigenvalue weighted by Crippen LogP contribution is -2.46. The van der Waals surface area contributed by atoms with E-state index in [9.17, 15) is 19.8 Å². The molecule has 2 atom stereocenters. The van der Waals surface area contributed by atoms with Gasteiger partial charge < -0.3 is 39.6 Å². The summed E-state index contributed by atoms with van der Waals surface area (Å²) in [5.41, 5.74) is 8.62. The van der Waals surface area contributed by atoms with Crippen LogP contribution in [-0.4, -0.2) is 116 Å². The molecule has 11 heteroatoms. The number of nitrogens with zero attached hydrogens (tertiary/aromatic N) is 7. The summed E-state index contributed by atoms with van der Waals surface area (Å²) in [7, 11) is 2.17. The molecule has 1 aromatic heterocycles. The Hall–Kier alpha value is -4.81. The molecule has 1 unspecified atom stereocenters. The van der Waals surface area contributed by atoms with Crippen LogP contribution in [-0.2, 0) is 28.0 Å². The Morgan fingerprint density at radius 3 is 2.02 bits per heavy atom. The van der Waals surface area contributed by atoms with Gasteiger partial charge in [0, 0.05) is 94.8 Å². The molecule has 3 aromatic carbocycles. The van der Waals surface area contributed by atoms with Crippen LogP contribution < -0.4 is 19.6 Å². The van der Waals surface area contributed by atoms with Gasteiger partial charge in [-0.15, -0.1) is 0 Å². The van der Waals surface area contributed by atoms with Crippen LogP contribution in [0.4, 0.5) is 22.7 Å². The van der Waals surface area contributed by atoms with E-state index in [1.54, 1.807) is 6.20 Å². The number of pyridine rings is 1. The lowest BCUT2D eigenvalue weighted by molar-refractivity contribution is -0.120. The molecule has 63 heavy (non-hydrogen) atoms. The highest BCUT2D eigenvalue weighted by Crippen LogP contribution is 2.35. The summed E-state index contributed by atoms with van der Waals surface area (Å²) in [4.78, 5) is 43.5. The van der Waals surface area contributed by atoms with Crippen LogP contribution in [0, 0.1) is 5.92 Å².